The molecule has 1 aliphatic carbocycles. The summed E-state index contributed by atoms with van der Waals surface area (Å²) in [6.07, 6.45) is 4.99. The maximum absolute atomic E-state index is 11.6. The molecule has 19 heavy (non-hydrogen) atoms. The van der Waals surface area contributed by atoms with Crippen LogP contribution in [-0.4, -0.2) is 18.5 Å². The molecule has 3 N–H and O–H groups in total. The average molecular weight is 303 g/mol. The van der Waals surface area contributed by atoms with Crippen molar-refractivity contribution in [3.63, 3.8) is 0 Å². The molecule has 3 nitrogen and oxygen atoms in total. The van der Waals surface area contributed by atoms with Gasteiger partial charge >= 0.3 is 0 Å². The number of carbonyl (C=O) groups is 1. The van der Waals surface area contributed by atoms with Crippen LogP contribution in [0, 0.1) is 12.8 Å². The molecule has 108 valence electrons. The fraction of sp³-hybridized carbons (Fsp3) is 0.643. The van der Waals surface area contributed by atoms with Gasteiger partial charge in [0.05, 0.1) is 0 Å². The number of nitrogens with one attached hydrogen (secondary N) is 1. The number of thiophene rings is 1. The molecule has 0 bridgehead atoms. The highest BCUT2D eigenvalue weighted by Gasteiger charge is 2.28. The molecule has 1 fully saturated rings. The Balaban J connectivity index is 0.00000180. The predicted molar refractivity (Wildman–Crippen MR) is 83.0 cm³/mol. The largest absolute Gasteiger partial charge is 0.355 e. The highest BCUT2D eigenvalue weighted by atomic mass is 35.5. The number of aryl methyl sites for hydroxylation is 2. The highest BCUT2D eigenvalue weighted by Crippen LogP contribution is 2.31. The molecule has 0 radical (unpaired) electrons. The van der Waals surface area contributed by atoms with Crippen molar-refractivity contribution in [2.75, 3.05) is 6.54 Å². The Hall–Kier alpha value is -0.580. The van der Waals surface area contributed by atoms with E-state index in [1.54, 1.807) is 0 Å². The lowest BCUT2D eigenvalue weighted by Crippen LogP contribution is -2.38. The van der Waals surface area contributed by atoms with Crippen molar-refractivity contribution in [1.82, 2.24) is 5.32 Å². The Bertz CT molecular complexity index is 404. The molecule has 1 aromatic heterocycles. The summed E-state index contributed by atoms with van der Waals surface area (Å²) >= 11 is 1.82. The van der Waals surface area contributed by atoms with Crippen LogP contribution in [-0.2, 0) is 11.2 Å². The number of nitrogens with two attached hydrogens (primary N) is 1. The third-order valence-corrected chi connectivity index (χ3v) is 4.45. The van der Waals surface area contributed by atoms with E-state index in [-0.39, 0.29) is 24.4 Å². The second-order valence-electron chi connectivity index (χ2n) is 5.17. The number of hydrogen-bond acceptors (Lipinski definition) is 3. The van der Waals surface area contributed by atoms with Crippen molar-refractivity contribution in [1.29, 1.82) is 0 Å². The molecule has 1 unspecified atom stereocenters. The van der Waals surface area contributed by atoms with Crippen LogP contribution in [0.3, 0.4) is 0 Å². The molecule has 2 rings (SSSR count). The molecule has 5 heteroatoms. The van der Waals surface area contributed by atoms with Gasteiger partial charge in [-0.15, -0.1) is 23.7 Å². The maximum atomic E-state index is 11.6. The van der Waals surface area contributed by atoms with Gasteiger partial charge < -0.3 is 11.1 Å². The monoisotopic (exact) mass is 302 g/mol. The van der Waals surface area contributed by atoms with E-state index in [1.807, 2.05) is 11.3 Å². The van der Waals surface area contributed by atoms with Crippen LogP contribution in [0.1, 0.15) is 35.4 Å². The topological polar surface area (TPSA) is 55.1 Å². The zero-order chi connectivity index (χ0) is 13.0. The number of rotatable bonds is 7. The van der Waals surface area contributed by atoms with E-state index in [0.29, 0.717) is 18.9 Å². The first-order valence-corrected chi connectivity index (χ1v) is 7.54. The molecule has 0 aromatic carbocycles. The predicted octanol–water partition coefficient (Wildman–Crippen LogP) is 2.65. The average Bonchev–Trinajstić information content (AvgIpc) is 3.11. The van der Waals surface area contributed by atoms with Gasteiger partial charge in [0, 0.05) is 28.8 Å². The fourth-order valence-corrected chi connectivity index (χ4v) is 2.99. The summed E-state index contributed by atoms with van der Waals surface area (Å²) in [4.78, 5) is 14.3. The Kier molecular flexibility index (Phi) is 6.83. The van der Waals surface area contributed by atoms with Gasteiger partial charge in [-0.25, -0.2) is 0 Å². The first kappa shape index (κ1) is 16.5. The third kappa shape index (κ3) is 5.93. The first-order valence-electron chi connectivity index (χ1n) is 6.73. The van der Waals surface area contributed by atoms with Crippen LogP contribution in [0.4, 0.5) is 0 Å². The lowest BCUT2D eigenvalue weighted by molar-refractivity contribution is -0.121. The first-order chi connectivity index (χ1) is 8.65. The minimum absolute atomic E-state index is 0. The third-order valence-electron chi connectivity index (χ3n) is 3.39. The number of carbonyl (C=O) groups excluding carboxylic acids is 1. The summed E-state index contributed by atoms with van der Waals surface area (Å²) in [7, 11) is 0. The highest BCUT2D eigenvalue weighted by molar-refractivity contribution is 7.11. The van der Waals surface area contributed by atoms with Crippen molar-refractivity contribution in [2.24, 2.45) is 11.7 Å². The van der Waals surface area contributed by atoms with Gasteiger partial charge in [-0.2, -0.15) is 0 Å². The molecular formula is C14H23ClN2OS. The number of hydrogen-bond donors (Lipinski definition) is 2. The van der Waals surface area contributed by atoms with Gasteiger partial charge in [0.15, 0.2) is 0 Å². The Morgan fingerprint density at radius 1 is 1.53 bits per heavy atom. The molecule has 1 aromatic rings. The lowest BCUT2D eigenvalue weighted by atomic mass is 10.2. The van der Waals surface area contributed by atoms with E-state index < -0.39 is 0 Å². The van der Waals surface area contributed by atoms with Gasteiger partial charge in [-0.3, -0.25) is 4.79 Å². The van der Waals surface area contributed by atoms with E-state index in [4.69, 9.17) is 5.73 Å². The molecule has 0 aliphatic heterocycles. The van der Waals surface area contributed by atoms with E-state index in [1.165, 1.54) is 22.6 Å². The van der Waals surface area contributed by atoms with Crippen LogP contribution in [0.25, 0.3) is 0 Å². The number of amides is 1. The minimum atomic E-state index is 0. The SMILES string of the molecule is Cc1ccc(CCCC(=O)NCC(N)C2CC2)s1.Cl. The maximum Gasteiger partial charge on any atom is 0.220 e. The molecule has 0 spiro atoms. The van der Waals surface area contributed by atoms with E-state index in [9.17, 15) is 4.79 Å². The Labute approximate surface area is 125 Å². The van der Waals surface area contributed by atoms with E-state index in [0.717, 1.165) is 12.8 Å². The Morgan fingerprint density at radius 2 is 2.26 bits per heavy atom. The minimum Gasteiger partial charge on any atom is -0.355 e. The molecular weight excluding hydrogens is 280 g/mol. The van der Waals surface area contributed by atoms with Gasteiger partial charge in [0.25, 0.3) is 0 Å². The van der Waals surface area contributed by atoms with E-state index >= 15 is 0 Å². The summed E-state index contributed by atoms with van der Waals surface area (Å²) in [5.74, 6) is 0.791. The second-order valence-corrected chi connectivity index (χ2v) is 6.54. The van der Waals surface area contributed by atoms with Crippen LogP contribution >= 0.6 is 23.7 Å². The van der Waals surface area contributed by atoms with Crippen LogP contribution in [0.15, 0.2) is 12.1 Å². The molecule has 1 atom stereocenters. The summed E-state index contributed by atoms with van der Waals surface area (Å²) in [6, 6.07) is 4.45. The van der Waals surface area contributed by atoms with Gasteiger partial charge in [-0.1, -0.05) is 0 Å². The van der Waals surface area contributed by atoms with Gasteiger partial charge in [0.1, 0.15) is 0 Å². The normalized spacial score (nSPS) is 15.7. The van der Waals surface area contributed by atoms with Crippen molar-refractivity contribution in [2.45, 2.75) is 45.1 Å². The molecule has 1 aliphatic rings. The summed E-state index contributed by atoms with van der Waals surface area (Å²) in [5, 5.41) is 2.93. The van der Waals surface area contributed by atoms with Crippen LogP contribution in [0.5, 0.6) is 0 Å². The quantitative estimate of drug-likeness (QED) is 0.813. The van der Waals surface area contributed by atoms with Crippen molar-refractivity contribution in [3.05, 3.63) is 21.9 Å². The summed E-state index contributed by atoms with van der Waals surface area (Å²) < 4.78 is 0. The summed E-state index contributed by atoms with van der Waals surface area (Å²) in [5.41, 5.74) is 5.94. The van der Waals surface area contributed by atoms with Crippen molar-refractivity contribution >= 4 is 29.7 Å². The zero-order valence-corrected chi connectivity index (χ0v) is 13.0. The fourth-order valence-electron chi connectivity index (χ4n) is 2.05. The molecule has 0 saturated heterocycles. The van der Waals surface area contributed by atoms with Gasteiger partial charge in [-0.05, 0) is 50.7 Å². The van der Waals surface area contributed by atoms with E-state index in [2.05, 4.69) is 24.4 Å². The van der Waals surface area contributed by atoms with Crippen LogP contribution in [0.2, 0.25) is 0 Å². The van der Waals surface area contributed by atoms with Gasteiger partial charge in [0.2, 0.25) is 5.91 Å². The molecule has 1 amide bonds. The second kappa shape index (κ2) is 7.88. The lowest BCUT2D eigenvalue weighted by Gasteiger charge is -2.11. The Morgan fingerprint density at radius 3 is 2.84 bits per heavy atom. The van der Waals surface area contributed by atoms with Crippen molar-refractivity contribution in [3.8, 4) is 0 Å². The standard InChI is InChI=1S/C14H22N2OS.ClH/c1-10-5-8-12(18-10)3-2-4-14(17)16-9-13(15)11-6-7-11;/h5,8,11,13H,2-4,6-7,9,15H2,1H3,(H,16,17);1H. The number of halogens is 1. The zero-order valence-electron chi connectivity index (χ0n) is 11.4. The smallest absolute Gasteiger partial charge is 0.220 e. The molecule has 1 heterocycles. The molecule has 1 saturated carbocycles. The van der Waals surface area contributed by atoms with Crippen LogP contribution < -0.4 is 11.1 Å². The summed E-state index contributed by atoms with van der Waals surface area (Å²) in [6.45, 7) is 2.75. The van der Waals surface area contributed by atoms with Crippen molar-refractivity contribution < 1.29 is 4.79 Å².